The van der Waals surface area contributed by atoms with Gasteiger partial charge in [-0.2, -0.15) is 0 Å². The van der Waals surface area contributed by atoms with Crippen molar-refractivity contribution in [1.82, 2.24) is 0 Å². The molecule has 0 heterocycles. The summed E-state index contributed by atoms with van der Waals surface area (Å²) in [5.41, 5.74) is 2.50. The van der Waals surface area contributed by atoms with Gasteiger partial charge in [-0.15, -0.1) is 0 Å². The molecule has 0 unspecified atom stereocenters. The molecule has 200 valence electrons. The lowest BCUT2D eigenvalue weighted by molar-refractivity contribution is 0.0975. The van der Waals surface area contributed by atoms with Crippen molar-refractivity contribution in [1.29, 1.82) is 0 Å². The van der Waals surface area contributed by atoms with E-state index in [1.165, 1.54) is 72.8 Å². The van der Waals surface area contributed by atoms with Gasteiger partial charge in [0.05, 0.1) is 0 Å². The molecule has 0 radical (unpaired) electrons. The number of carbonyl (C=O) groups excluding carboxylic acids is 2. The van der Waals surface area contributed by atoms with Crippen molar-refractivity contribution in [3.8, 4) is 11.5 Å². The van der Waals surface area contributed by atoms with E-state index < -0.39 is 19.5 Å². The number of hydrogen-bond acceptors (Lipinski definition) is 5. The van der Waals surface area contributed by atoms with Gasteiger partial charge < -0.3 is 9.05 Å². The number of hydrogen-bond donors (Lipinski definition) is 1. The van der Waals surface area contributed by atoms with Gasteiger partial charge in [-0.05, 0) is 96.8 Å². The molecule has 0 saturated heterocycles. The van der Waals surface area contributed by atoms with Crippen LogP contribution in [0, 0.1) is 11.6 Å². The van der Waals surface area contributed by atoms with Gasteiger partial charge in [0.1, 0.15) is 23.1 Å². The first kappa shape index (κ1) is 27.9. The topological polar surface area (TPSA) is 89.9 Å². The number of phosphoric acid groups is 1. The van der Waals surface area contributed by atoms with E-state index in [0.717, 1.165) is 11.1 Å². The van der Waals surface area contributed by atoms with Crippen LogP contribution in [0.4, 0.5) is 8.78 Å². The first-order valence-corrected chi connectivity index (χ1v) is 13.6. The smallest absolute Gasteiger partial charge is 0.395 e. The predicted octanol–water partition coefficient (Wildman–Crippen LogP) is 7.15. The normalized spacial score (nSPS) is 11.2. The van der Waals surface area contributed by atoms with Crippen LogP contribution in [0.25, 0.3) is 0 Å². The summed E-state index contributed by atoms with van der Waals surface area (Å²) in [6.45, 7) is 0. The highest BCUT2D eigenvalue weighted by Crippen LogP contribution is 2.44. The zero-order chi connectivity index (χ0) is 27.8. The molecule has 0 saturated carbocycles. The molecule has 1 N–H and O–H groups in total. The molecule has 9 heteroatoms. The Balaban J connectivity index is 1.25. The van der Waals surface area contributed by atoms with Gasteiger partial charge in [-0.3, -0.25) is 14.5 Å². The molecule has 39 heavy (non-hydrogen) atoms. The fraction of sp³-hybridized carbons (Fsp3) is 0.133. The molecule has 0 fully saturated rings. The number of rotatable bonds is 12. The molecule has 0 amide bonds. The number of benzene rings is 4. The Hall–Kier alpha value is -4.13. The molecule has 0 bridgehead atoms. The number of halogens is 2. The van der Waals surface area contributed by atoms with Crippen molar-refractivity contribution in [2.75, 3.05) is 0 Å². The number of ketones is 2. The molecule has 4 aromatic carbocycles. The van der Waals surface area contributed by atoms with Crippen LogP contribution in [0.3, 0.4) is 0 Å². The maximum atomic E-state index is 13.0. The minimum absolute atomic E-state index is 0.116. The molecule has 4 aromatic rings. The number of carbonyl (C=O) groups is 2. The minimum atomic E-state index is -4.49. The Kier molecular flexibility index (Phi) is 9.02. The fourth-order valence-corrected chi connectivity index (χ4v) is 4.61. The van der Waals surface area contributed by atoms with Crippen LogP contribution >= 0.6 is 7.82 Å². The molecule has 0 aromatic heterocycles. The average molecular weight is 550 g/mol. The zero-order valence-electron chi connectivity index (χ0n) is 20.8. The minimum Gasteiger partial charge on any atom is -0.395 e. The number of Topliss-reactive ketones (excluding diaryl/α,β-unsaturated/α-hetero) is 2. The van der Waals surface area contributed by atoms with Crippen LogP contribution in [0.2, 0.25) is 0 Å². The van der Waals surface area contributed by atoms with Crippen molar-refractivity contribution in [3.05, 3.63) is 131 Å². The molecule has 0 aliphatic rings. The second-order valence-corrected chi connectivity index (χ2v) is 10.1. The molecule has 0 aliphatic carbocycles. The van der Waals surface area contributed by atoms with Gasteiger partial charge in [0.25, 0.3) is 0 Å². The van der Waals surface area contributed by atoms with Gasteiger partial charge >= 0.3 is 7.82 Å². The molecular formula is C30H25F2O6P. The highest BCUT2D eigenvalue weighted by Gasteiger charge is 2.25. The van der Waals surface area contributed by atoms with Crippen LogP contribution < -0.4 is 9.05 Å². The summed E-state index contributed by atoms with van der Waals surface area (Å²) >= 11 is 0. The van der Waals surface area contributed by atoms with Gasteiger partial charge in [0, 0.05) is 24.0 Å². The molecular weight excluding hydrogens is 525 g/mol. The summed E-state index contributed by atoms with van der Waals surface area (Å²) in [6.07, 6.45) is 1.32. The average Bonchev–Trinajstić information content (AvgIpc) is 2.92. The van der Waals surface area contributed by atoms with Crippen molar-refractivity contribution in [3.63, 3.8) is 0 Å². The molecule has 4 rings (SSSR count). The lowest BCUT2D eigenvalue weighted by atomic mass is 10.0. The van der Waals surface area contributed by atoms with Crippen LogP contribution in [0.15, 0.2) is 97.1 Å². The summed E-state index contributed by atoms with van der Waals surface area (Å²) in [7, 11) is -4.49. The van der Waals surface area contributed by atoms with Gasteiger partial charge in [-0.1, -0.05) is 24.3 Å². The Morgan fingerprint density at radius 2 is 0.923 bits per heavy atom. The van der Waals surface area contributed by atoms with Crippen LogP contribution in [-0.2, 0) is 17.4 Å². The second-order valence-electron chi connectivity index (χ2n) is 8.80. The SMILES string of the molecule is O=C(CCc1ccc(OP(=O)(O)Oc2ccc(CCC(=O)c3ccc(F)cc3)cc2)cc1)c1ccc(F)cc1. The fourth-order valence-electron chi connectivity index (χ4n) is 3.79. The van der Waals surface area contributed by atoms with Gasteiger partial charge in [0.15, 0.2) is 11.6 Å². The van der Waals surface area contributed by atoms with Crippen molar-refractivity contribution >= 4 is 19.4 Å². The van der Waals surface area contributed by atoms with E-state index in [4.69, 9.17) is 9.05 Å². The van der Waals surface area contributed by atoms with E-state index >= 15 is 0 Å². The standard InChI is InChI=1S/C30H25F2O6P/c31-25-11-7-23(8-12-25)29(33)19-5-21-1-15-27(16-2-21)37-39(35,36)38-28-17-3-22(4-18-28)6-20-30(34)24-9-13-26(32)14-10-24/h1-4,7-18H,5-6,19-20H2,(H,35,36). The summed E-state index contributed by atoms with van der Waals surface area (Å²) < 4.78 is 48.8. The first-order chi connectivity index (χ1) is 18.7. The lowest BCUT2D eigenvalue weighted by Gasteiger charge is -2.14. The van der Waals surface area contributed by atoms with Crippen LogP contribution in [-0.4, -0.2) is 16.5 Å². The monoisotopic (exact) mass is 550 g/mol. The third-order valence-electron chi connectivity index (χ3n) is 5.90. The largest absolute Gasteiger partial charge is 0.584 e. The molecule has 0 atom stereocenters. The van der Waals surface area contributed by atoms with Crippen molar-refractivity contribution in [2.24, 2.45) is 0 Å². The molecule has 0 spiro atoms. The molecule has 0 aliphatic heterocycles. The summed E-state index contributed by atoms with van der Waals surface area (Å²) in [4.78, 5) is 34.7. The third-order valence-corrected chi connectivity index (χ3v) is 6.79. The van der Waals surface area contributed by atoms with E-state index in [1.54, 1.807) is 24.3 Å². The van der Waals surface area contributed by atoms with Crippen LogP contribution in [0.1, 0.15) is 44.7 Å². The van der Waals surface area contributed by atoms with E-state index in [1.807, 2.05) is 0 Å². The second kappa shape index (κ2) is 12.6. The maximum absolute atomic E-state index is 13.0. The lowest BCUT2D eigenvalue weighted by Crippen LogP contribution is -2.02. The highest BCUT2D eigenvalue weighted by molar-refractivity contribution is 7.48. The maximum Gasteiger partial charge on any atom is 0.584 e. The summed E-state index contributed by atoms with van der Waals surface area (Å²) in [6, 6.07) is 23.5. The Bertz CT molecular complexity index is 1360. The Morgan fingerprint density at radius 1 is 0.590 bits per heavy atom. The zero-order valence-corrected chi connectivity index (χ0v) is 21.7. The highest BCUT2D eigenvalue weighted by atomic mass is 31.2. The predicted molar refractivity (Wildman–Crippen MR) is 142 cm³/mol. The number of phosphoric ester groups is 1. The number of aryl methyl sites for hydroxylation is 2. The molecule has 6 nitrogen and oxygen atoms in total. The third kappa shape index (κ3) is 8.43. The van der Waals surface area contributed by atoms with E-state index in [0.29, 0.717) is 24.0 Å². The van der Waals surface area contributed by atoms with Gasteiger partial charge in [-0.25, -0.2) is 13.3 Å². The Morgan fingerprint density at radius 3 is 1.26 bits per heavy atom. The van der Waals surface area contributed by atoms with Crippen molar-refractivity contribution < 1.29 is 36.9 Å². The first-order valence-electron chi connectivity index (χ1n) is 12.1. The summed E-state index contributed by atoms with van der Waals surface area (Å²) in [5, 5.41) is 0. The van der Waals surface area contributed by atoms with E-state index in [-0.39, 0.29) is 35.9 Å². The quantitative estimate of drug-likeness (QED) is 0.149. The van der Waals surface area contributed by atoms with Crippen LogP contribution in [0.5, 0.6) is 11.5 Å². The summed E-state index contributed by atoms with van der Waals surface area (Å²) in [5.74, 6) is -0.812. The van der Waals surface area contributed by atoms with E-state index in [9.17, 15) is 27.8 Å². The van der Waals surface area contributed by atoms with Gasteiger partial charge in [0.2, 0.25) is 0 Å². The van der Waals surface area contributed by atoms with Crippen molar-refractivity contribution in [2.45, 2.75) is 25.7 Å². The Labute approximate surface area is 224 Å². The van der Waals surface area contributed by atoms with E-state index in [2.05, 4.69) is 0 Å².